The Labute approximate surface area is 113 Å². The SMILES string of the molecule is [C-]#[N+]c1ccc(-c2ccc(C(C)C)c(Cl)c2)cc1. The van der Waals surface area contributed by atoms with Crippen LogP contribution < -0.4 is 0 Å². The number of halogens is 1. The average molecular weight is 256 g/mol. The van der Waals surface area contributed by atoms with Gasteiger partial charge in [0.2, 0.25) is 0 Å². The molecule has 1 nitrogen and oxygen atoms in total. The van der Waals surface area contributed by atoms with Crippen molar-refractivity contribution in [2.75, 3.05) is 0 Å². The molecule has 0 atom stereocenters. The van der Waals surface area contributed by atoms with Crippen molar-refractivity contribution in [3.05, 3.63) is 64.5 Å². The molecule has 2 rings (SSSR count). The highest BCUT2D eigenvalue weighted by molar-refractivity contribution is 6.31. The first-order valence-electron chi connectivity index (χ1n) is 5.89. The maximum Gasteiger partial charge on any atom is 0.187 e. The van der Waals surface area contributed by atoms with Gasteiger partial charge in [-0.05, 0) is 28.7 Å². The number of hydrogen-bond acceptors (Lipinski definition) is 0. The first-order chi connectivity index (χ1) is 8.61. The fourth-order valence-corrected chi connectivity index (χ4v) is 2.30. The van der Waals surface area contributed by atoms with Crippen molar-refractivity contribution >= 4 is 17.3 Å². The van der Waals surface area contributed by atoms with E-state index in [0.29, 0.717) is 11.6 Å². The average Bonchev–Trinajstić information content (AvgIpc) is 2.38. The molecule has 0 fully saturated rings. The minimum Gasteiger partial charge on any atom is -0.238 e. The molecule has 0 radical (unpaired) electrons. The maximum atomic E-state index is 6.93. The largest absolute Gasteiger partial charge is 0.238 e. The van der Waals surface area contributed by atoms with Crippen molar-refractivity contribution in [1.82, 2.24) is 0 Å². The van der Waals surface area contributed by atoms with Gasteiger partial charge in [0, 0.05) is 5.02 Å². The summed E-state index contributed by atoms with van der Waals surface area (Å²) in [6, 6.07) is 13.7. The quantitative estimate of drug-likeness (QED) is 0.608. The zero-order valence-corrected chi connectivity index (χ0v) is 11.2. The Bertz CT molecular complexity index is 591. The fraction of sp³-hybridized carbons (Fsp3) is 0.188. The van der Waals surface area contributed by atoms with E-state index in [9.17, 15) is 0 Å². The van der Waals surface area contributed by atoms with Gasteiger partial charge in [0.15, 0.2) is 5.69 Å². The van der Waals surface area contributed by atoms with Crippen LogP contribution in [-0.2, 0) is 0 Å². The van der Waals surface area contributed by atoms with Crippen LogP contribution in [0, 0.1) is 6.57 Å². The van der Waals surface area contributed by atoms with Gasteiger partial charge in [-0.3, -0.25) is 0 Å². The third-order valence-electron chi connectivity index (χ3n) is 2.95. The van der Waals surface area contributed by atoms with E-state index in [-0.39, 0.29) is 0 Å². The van der Waals surface area contributed by atoms with Crippen LogP contribution in [-0.4, -0.2) is 0 Å². The van der Waals surface area contributed by atoms with Crippen LogP contribution in [0.15, 0.2) is 42.5 Å². The number of benzene rings is 2. The molecule has 0 bridgehead atoms. The van der Waals surface area contributed by atoms with Crippen molar-refractivity contribution in [1.29, 1.82) is 0 Å². The molecule has 18 heavy (non-hydrogen) atoms. The standard InChI is InChI=1S/C16H14ClN/c1-11(2)15-9-6-13(10-16(15)17)12-4-7-14(18-3)8-5-12/h4-11H,1-2H3. The van der Waals surface area contributed by atoms with Crippen molar-refractivity contribution < 1.29 is 0 Å². The Morgan fingerprint density at radius 2 is 1.61 bits per heavy atom. The lowest BCUT2D eigenvalue weighted by molar-refractivity contribution is 0.867. The summed E-state index contributed by atoms with van der Waals surface area (Å²) < 4.78 is 0. The molecular weight excluding hydrogens is 242 g/mol. The summed E-state index contributed by atoms with van der Waals surface area (Å²) >= 11 is 6.28. The van der Waals surface area contributed by atoms with Crippen LogP contribution in [0.3, 0.4) is 0 Å². The topological polar surface area (TPSA) is 4.36 Å². The van der Waals surface area contributed by atoms with E-state index in [2.05, 4.69) is 30.8 Å². The zero-order valence-electron chi connectivity index (χ0n) is 10.4. The van der Waals surface area contributed by atoms with E-state index in [4.69, 9.17) is 18.2 Å². The Kier molecular flexibility index (Phi) is 3.69. The molecule has 0 unspecified atom stereocenters. The summed E-state index contributed by atoms with van der Waals surface area (Å²) in [4.78, 5) is 3.38. The Balaban J connectivity index is 2.39. The van der Waals surface area contributed by atoms with E-state index in [1.165, 1.54) is 0 Å². The molecule has 0 aliphatic carbocycles. The van der Waals surface area contributed by atoms with E-state index in [0.717, 1.165) is 21.7 Å². The van der Waals surface area contributed by atoms with Gasteiger partial charge in [-0.25, -0.2) is 4.85 Å². The van der Waals surface area contributed by atoms with Crippen LogP contribution >= 0.6 is 11.6 Å². The monoisotopic (exact) mass is 255 g/mol. The van der Waals surface area contributed by atoms with Crippen molar-refractivity contribution in [2.45, 2.75) is 19.8 Å². The van der Waals surface area contributed by atoms with Gasteiger partial charge in [0.05, 0.1) is 6.57 Å². The van der Waals surface area contributed by atoms with Gasteiger partial charge in [0.25, 0.3) is 0 Å². The summed E-state index contributed by atoms with van der Waals surface area (Å²) in [7, 11) is 0. The van der Waals surface area contributed by atoms with Crippen molar-refractivity contribution in [3.63, 3.8) is 0 Å². The Morgan fingerprint density at radius 3 is 2.11 bits per heavy atom. The van der Waals surface area contributed by atoms with Crippen LogP contribution in [0.2, 0.25) is 5.02 Å². The fourth-order valence-electron chi connectivity index (χ4n) is 1.90. The molecule has 0 spiro atoms. The van der Waals surface area contributed by atoms with Gasteiger partial charge in [-0.1, -0.05) is 61.8 Å². The van der Waals surface area contributed by atoms with Crippen LogP contribution in [0.4, 0.5) is 5.69 Å². The lowest BCUT2D eigenvalue weighted by atomic mass is 9.98. The minimum atomic E-state index is 0.427. The normalized spacial score (nSPS) is 10.4. The van der Waals surface area contributed by atoms with Crippen molar-refractivity contribution in [2.24, 2.45) is 0 Å². The molecule has 2 aromatic rings. The molecule has 0 N–H and O–H groups in total. The lowest BCUT2D eigenvalue weighted by Crippen LogP contribution is -1.89. The van der Waals surface area contributed by atoms with Gasteiger partial charge in [-0.15, -0.1) is 0 Å². The second-order valence-corrected chi connectivity index (χ2v) is 4.96. The molecule has 0 aliphatic rings. The number of hydrogen-bond donors (Lipinski definition) is 0. The smallest absolute Gasteiger partial charge is 0.187 e. The van der Waals surface area contributed by atoms with Gasteiger partial charge < -0.3 is 0 Å². The Morgan fingerprint density at radius 1 is 1.00 bits per heavy atom. The van der Waals surface area contributed by atoms with Crippen molar-refractivity contribution in [3.8, 4) is 11.1 Å². The highest BCUT2D eigenvalue weighted by atomic mass is 35.5. The minimum absolute atomic E-state index is 0.427. The third kappa shape index (κ3) is 2.55. The second kappa shape index (κ2) is 5.25. The molecule has 90 valence electrons. The zero-order chi connectivity index (χ0) is 13.1. The summed E-state index contributed by atoms with van der Waals surface area (Å²) in [5.74, 6) is 0.427. The summed E-state index contributed by atoms with van der Waals surface area (Å²) in [6.45, 7) is 11.2. The summed E-state index contributed by atoms with van der Waals surface area (Å²) in [6.07, 6.45) is 0. The van der Waals surface area contributed by atoms with E-state index < -0.39 is 0 Å². The third-order valence-corrected chi connectivity index (χ3v) is 3.28. The Hall–Kier alpha value is -1.78. The second-order valence-electron chi connectivity index (χ2n) is 4.55. The van der Waals surface area contributed by atoms with Gasteiger partial charge >= 0.3 is 0 Å². The molecule has 0 saturated carbocycles. The summed E-state index contributed by atoms with van der Waals surface area (Å²) in [5, 5.41) is 0.803. The highest BCUT2D eigenvalue weighted by Crippen LogP contribution is 2.30. The van der Waals surface area contributed by atoms with Gasteiger partial charge in [0.1, 0.15) is 0 Å². The first-order valence-corrected chi connectivity index (χ1v) is 6.27. The molecule has 2 heteroatoms. The summed E-state index contributed by atoms with van der Waals surface area (Å²) in [5.41, 5.74) is 3.99. The van der Waals surface area contributed by atoms with Crippen LogP contribution in [0.5, 0.6) is 0 Å². The molecule has 0 saturated heterocycles. The number of nitrogens with zero attached hydrogens (tertiary/aromatic N) is 1. The first kappa shape index (κ1) is 12.7. The van der Waals surface area contributed by atoms with Gasteiger partial charge in [-0.2, -0.15) is 0 Å². The van der Waals surface area contributed by atoms with Crippen LogP contribution in [0.1, 0.15) is 25.3 Å². The molecular formula is C16H14ClN. The lowest BCUT2D eigenvalue weighted by Gasteiger charge is -2.10. The maximum absolute atomic E-state index is 6.93. The van der Waals surface area contributed by atoms with E-state index in [1.54, 1.807) is 0 Å². The van der Waals surface area contributed by atoms with E-state index in [1.807, 2.05) is 30.3 Å². The molecule has 2 aromatic carbocycles. The molecule has 0 amide bonds. The molecule has 0 aromatic heterocycles. The molecule has 0 heterocycles. The molecule has 0 aliphatic heterocycles. The number of rotatable bonds is 2. The predicted molar refractivity (Wildman–Crippen MR) is 77.2 cm³/mol. The van der Waals surface area contributed by atoms with Crippen LogP contribution in [0.25, 0.3) is 16.0 Å². The predicted octanol–water partition coefficient (Wildman–Crippen LogP) is 5.68. The highest BCUT2D eigenvalue weighted by Gasteiger charge is 2.06. The van der Waals surface area contributed by atoms with E-state index >= 15 is 0 Å².